The zero-order valence-electron chi connectivity index (χ0n) is 25.7. The summed E-state index contributed by atoms with van der Waals surface area (Å²) in [5, 5.41) is 11.0. The predicted octanol–water partition coefficient (Wildman–Crippen LogP) is 8.02. The van der Waals surface area contributed by atoms with Crippen molar-refractivity contribution in [2.75, 3.05) is 13.1 Å². The summed E-state index contributed by atoms with van der Waals surface area (Å²) in [5.41, 5.74) is 2.45. The lowest BCUT2D eigenvalue weighted by molar-refractivity contribution is -0.204. The van der Waals surface area contributed by atoms with E-state index in [9.17, 15) is 9.90 Å². The van der Waals surface area contributed by atoms with Crippen molar-refractivity contribution in [3.05, 3.63) is 11.6 Å². The van der Waals surface area contributed by atoms with E-state index in [0.717, 1.165) is 64.5 Å². The van der Waals surface area contributed by atoms with Gasteiger partial charge in [-0.2, -0.15) is 0 Å². The second-order valence-electron chi connectivity index (χ2n) is 16.2. The van der Waals surface area contributed by atoms with Gasteiger partial charge >= 0.3 is 0 Å². The molecule has 3 heteroatoms. The summed E-state index contributed by atoms with van der Waals surface area (Å²) in [6, 6.07) is 0. The van der Waals surface area contributed by atoms with Gasteiger partial charge in [0.15, 0.2) is 0 Å². The quantitative estimate of drug-likeness (QED) is 0.390. The summed E-state index contributed by atoms with van der Waals surface area (Å²) in [6.07, 6.45) is 13.8. The normalized spacial score (nSPS) is 48.0. The van der Waals surface area contributed by atoms with Crippen molar-refractivity contribution in [3.63, 3.8) is 0 Å². The number of carbonyl (C=O) groups is 1. The van der Waals surface area contributed by atoms with Crippen molar-refractivity contribution >= 4 is 5.91 Å². The highest BCUT2D eigenvalue weighted by atomic mass is 16.3. The van der Waals surface area contributed by atoms with Gasteiger partial charge in [0.05, 0.1) is 11.5 Å². The second kappa shape index (κ2) is 8.58. The Kier molecular flexibility index (Phi) is 6.43. The zero-order chi connectivity index (χ0) is 27.2. The molecule has 5 aliphatic rings. The van der Waals surface area contributed by atoms with Crippen molar-refractivity contribution in [2.45, 2.75) is 133 Å². The van der Waals surface area contributed by atoms with Crippen LogP contribution in [-0.4, -0.2) is 35.1 Å². The molecule has 0 heterocycles. The summed E-state index contributed by atoms with van der Waals surface area (Å²) in [5.74, 6) is 2.07. The SMILES string of the molecule is CCN(CC)C(=O)[C@]12CCC(C)(C)CC1C1=CCC3[C@@]4(C)CC[C@H](O)C(C)(C)C4CC[C@@]3(C)[C@]1(C)CC2. The Hall–Kier alpha value is -0.830. The first-order chi connectivity index (χ1) is 17.1. The first-order valence-electron chi connectivity index (χ1n) is 15.8. The van der Waals surface area contributed by atoms with Gasteiger partial charge in [0, 0.05) is 13.1 Å². The van der Waals surface area contributed by atoms with Gasteiger partial charge in [-0.1, -0.05) is 60.1 Å². The summed E-state index contributed by atoms with van der Waals surface area (Å²) < 4.78 is 0. The monoisotopic (exact) mass is 511 g/mol. The maximum Gasteiger partial charge on any atom is 0.229 e. The van der Waals surface area contributed by atoms with Gasteiger partial charge in [0.25, 0.3) is 0 Å². The fraction of sp³-hybridized carbons (Fsp3) is 0.912. The van der Waals surface area contributed by atoms with Gasteiger partial charge in [-0.05, 0) is 123 Å². The standard InChI is InChI=1S/C34H57NO2/c1-10-35(11-2)28(37)34-20-18-29(3,4)22-24(34)23-12-13-26-31(7)16-15-27(36)30(5,6)25(31)14-17-33(26,9)32(23,8)19-21-34/h12,24-27,36H,10-11,13-22H2,1-9H3/t24?,25?,26?,27-,31-,32+,33+,34-/m0/s1. The molecule has 210 valence electrons. The van der Waals surface area contributed by atoms with Crippen molar-refractivity contribution in [1.29, 1.82) is 0 Å². The fourth-order valence-corrected chi connectivity index (χ4v) is 11.4. The molecule has 3 unspecified atom stereocenters. The number of hydrogen-bond donors (Lipinski definition) is 1. The van der Waals surface area contributed by atoms with E-state index in [2.05, 4.69) is 73.3 Å². The van der Waals surface area contributed by atoms with Crippen LogP contribution in [0, 0.1) is 50.2 Å². The highest BCUT2D eigenvalue weighted by Crippen LogP contribution is 2.75. The van der Waals surface area contributed by atoms with Crippen LogP contribution in [0.1, 0.15) is 127 Å². The van der Waals surface area contributed by atoms with Crippen LogP contribution in [0.5, 0.6) is 0 Å². The summed E-state index contributed by atoms with van der Waals surface area (Å²) in [7, 11) is 0. The molecule has 0 aromatic carbocycles. The molecule has 5 rings (SSSR count). The molecule has 4 saturated carbocycles. The van der Waals surface area contributed by atoms with Crippen LogP contribution in [0.25, 0.3) is 0 Å². The Morgan fingerprint density at radius 2 is 1.54 bits per heavy atom. The summed E-state index contributed by atoms with van der Waals surface area (Å²) in [4.78, 5) is 16.4. The Morgan fingerprint density at radius 3 is 2.19 bits per heavy atom. The van der Waals surface area contributed by atoms with E-state index in [1.54, 1.807) is 5.57 Å². The number of fused-ring (bicyclic) bond motifs is 7. The van der Waals surface area contributed by atoms with Crippen molar-refractivity contribution in [1.82, 2.24) is 4.90 Å². The predicted molar refractivity (Wildman–Crippen MR) is 153 cm³/mol. The molecular weight excluding hydrogens is 454 g/mol. The van der Waals surface area contributed by atoms with Crippen LogP contribution in [0.15, 0.2) is 11.6 Å². The Morgan fingerprint density at radius 1 is 0.892 bits per heavy atom. The molecule has 5 aliphatic carbocycles. The van der Waals surface area contributed by atoms with E-state index in [-0.39, 0.29) is 33.2 Å². The number of aliphatic hydroxyl groups excluding tert-OH is 1. The molecule has 0 aromatic rings. The van der Waals surface area contributed by atoms with E-state index >= 15 is 0 Å². The highest BCUT2D eigenvalue weighted by molar-refractivity contribution is 5.84. The lowest BCUT2D eigenvalue weighted by Gasteiger charge is -2.71. The zero-order valence-corrected chi connectivity index (χ0v) is 25.7. The number of amides is 1. The minimum absolute atomic E-state index is 0.00940. The average molecular weight is 512 g/mol. The molecule has 0 bridgehead atoms. The third kappa shape index (κ3) is 3.57. The van der Waals surface area contributed by atoms with Gasteiger partial charge in [-0.25, -0.2) is 0 Å². The van der Waals surface area contributed by atoms with E-state index < -0.39 is 0 Å². The minimum atomic E-state index is -0.200. The third-order valence-electron chi connectivity index (χ3n) is 14.1. The summed E-state index contributed by atoms with van der Waals surface area (Å²) in [6.45, 7) is 23.4. The lowest BCUT2D eigenvalue weighted by atomic mass is 9.33. The van der Waals surface area contributed by atoms with Gasteiger partial charge in [-0.15, -0.1) is 0 Å². The van der Waals surface area contributed by atoms with Crippen LogP contribution < -0.4 is 0 Å². The first kappa shape index (κ1) is 27.7. The van der Waals surface area contributed by atoms with Gasteiger partial charge in [0.2, 0.25) is 5.91 Å². The third-order valence-corrected chi connectivity index (χ3v) is 14.1. The van der Waals surface area contributed by atoms with Gasteiger partial charge in [-0.3, -0.25) is 4.79 Å². The van der Waals surface area contributed by atoms with Crippen LogP contribution >= 0.6 is 0 Å². The lowest BCUT2D eigenvalue weighted by Crippen LogP contribution is -2.65. The van der Waals surface area contributed by atoms with Crippen LogP contribution in [0.3, 0.4) is 0 Å². The van der Waals surface area contributed by atoms with Crippen molar-refractivity contribution < 1.29 is 9.90 Å². The molecule has 4 fully saturated rings. The average Bonchev–Trinajstić information content (AvgIpc) is 2.82. The molecular formula is C34H57NO2. The molecule has 0 spiro atoms. The number of aliphatic hydroxyl groups is 1. The van der Waals surface area contributed by atoms with E-state index in [4.69, 9.17) is 0 Å². The molecule has 1 amide bonds. The highest BCUT2D eigenvalue weighted by Gasteiger charge is 2.69. The van der Waals surface area contributed by atoms with Crippen molar-refractivity contribution in [2.24, 2.45) is 50.2 Å². The van der Waals surface area contributed by atoms with Crippen LogP contribution in [0.2, 0.25) is 0 Å². The number of carbonyl (C=O) groups excluding carboxylic acids is 1. The largest absolute Gasteiger partial charge is 0.393 e. The maximum absolute atomic E-state index is 14.3. The molecule has 8 atom stereocenters. The second-order valence-corrected chi connectivity index (χ2v) is 16.2. The molecule has 3 nitrogen and oxygen atoms in total. The van der Waals surface area contributed by atoms with E-state index in [1.807, 2.05) is 0 Å². The minimum Gasteiger partial charge on any atom is -0.393 e. The first-order valence-corrected chi connectivity index (χ1v) is 15.8. The van der Waals surface area contributed by atoms with E-state index in [0.29, 0.717) is 29.1 Å². The molecule has 0 aliphatic heterocycles. The van der Waals surface area contributed by atoms with Gasteiger partial charge in [0.1, 0.15) is 0 Å². The number of nitrogens with zero attached hydrogens (tertiary/aromatic N) is 1. The Bertz CT molecular complexity index is 961. The van der Waals surface area contributed by atoms with Gasteiger partial charge < -0.3 is 10.0 Å². The summed E-state index contributed by atoms with van der Waals surface area (Å²) >= 11 is 0. The maximum atomic E-state index is 14.3. The molecule has 1 N–H and O–H groups in total. The van der Waals surface area contributed by atoms with Crippen molar-refractivity contribution in [3.8, 4) is 0 Å². The van der Waals surface area contributed by atoms with E-state index in [1.165, 1.54) is 12.8 Å². The Balaban J connectivity index is 1.59. The molecule has 0 aromatic heterocycles. The smallest absolute Gasteiger partial charge is 0.229 e. The number of rotatable bonds is 3. The van der Waals surface area contributed by atoms with Crippen LogP contribution in [-0.2, 0) is 4.79 Å². The molecule has 0 radical (unpaired) electrons. The Labute approximate surface area is 228 Å². The molecule has 0 saturated heterocycles. The fourth-order valence-electron chi connectivity index (χ4n) is 11.4. The molecule has 37 heavy (non-hydrogen) atoms. The number of hydrogen-bond acceptors (Lipinski definition) is 2. The van der Waals surface area contributed by atoms with Crippen LogP contribution in [0.4, 0.5) is 0 Å². The topological polar surface area (TPSA) is 40.5 Å². The number of allylic oxidation sites excluding steroid dienone is 2.